The Hall–Kier alpha value is -3.35. The number of nitrogens with one attached hydrogen (secondary N) is 1. The molecule has 136 valence electrons. The van der Waals surface area contributed by atoms with Crippen LogP contribution in [0.1, 0.15) is 12.8 Å². The molecule has 5 rings (SSSR count). The van der Waals surface area contributed by atoms with Crippen LogP contribution in [-0.4, -0.2) is 39.1 Å². The van der Waals surface area contributed by atoms with E-state index in [0.717, 1.165) is 41.9 Å². The first-order valence-electron chi connectivity index (χ1n) is 9.13. The summed E-state index contributed by atoms with van der Waals surface area (Å²) in [4.78, 5) is 18.2. The summed E-state index contributed by atoms with van der Waals surface area (Å²) in [7, 11) is 0. The summed E-state index contributed by atoms with van der Waals surface area (Å²) in [5.41, 5.74) is 7.18. The number of rotatable bonds is 4. The first kappa shape index (κ1) is 15.9. The van der Waals surface area contributed by atoms with E-state index < -0.39 is 0 Å². The Labute approximate surface area is 156 Å². The van der Waals surface area contributed by atoms with E-state index in [1.165, 1.54) is 5.39 Å². The van der Waals surface area contributed by atoms with Gasteiger partial charge in [-0.25, -0.2) is 9.97 Å². The number of hydrogen-bond donors (Lipinski definition) is 2. The molecule has 2 aromatic heterocycles. The fraction of sp³-hybridized carbons (Fsp3) is 0.250. The van der Waals surface area contributed by atoms with Crippen molar-refractivity contribution in [2.24, 2.45) is 0 Å². The Morgan fingerprint density at radius 3 is 3.00 bits per heavy atom. The maximum atomic E-state index is 6.24. The van der Waals surface area contributed by atoms with Crippen molar-refractivity contribution in [2.75, 3.05) is 23.8 Å². The molecule has 0 amide bonds. The summed E-state index contributed by atoms with van der Waals surface area (Å²) in [6, 6.07) is 14.7. The lowest BCUT2D eigenvalue weighted by atomic mass is 10.1. The molecule has 0 saturated carbocycles. The molecule has 4 aromatic rings. The number of aromatic amines is 1. The highest BCUT2D eigenvalue weighted by molar-refractivity contribution is 5.88. The Morgan fingerprint density at radius 1 is 1.15 bits per heavy atom. The van der Waals surface area contributed by atoms with E-state index in [9.17, 15) is 0 Å². The summed E-state index contributed by atoms with van der Waals surface area (Å²) < 4.78 is 6.24. The van der Waals surface area contributed by atoms with Crippen LogP contribution >= 0.6 is 0 Å². The van der Waals surface area contributed by atoms with Crippen molar-refractivity contribution in [1.82, 2.24) is 19.9 Å². The lowest BCUT2D eigenvalue weighted by molar-refractivity contribution is 0.291. The van der Waals surface area contributed by atoms with Gasteiger partial charge in [0.25, 0.3) is 0 Å². The average Bonchev–Trinajstić information content (AvgIpc) is 3.31. The van der Waals surface area contributed by atoms with Crippen molar-refractivity contribution in [3.8, 4) is 5.75 Å². The Balaban J connectivity index is 1.41. The molecule has 3 N–H and O–H groups in total. The van der Waals surface area contributed by atoms with Crippen molar-refractivity contribution in [1.29, 1.82) is 0 Å². The van der Waals surface area contributed by atoms with Gasteiger partial charge in [0, 0.05) is 11.9 Å². The Bertz CT molecular complexity index is 1100. The van der Waals surface area contributed by atoms with Crippen LogP contribution in [0.25, 0.3) is 21.9 Å². The van der Waals surface area contributed by atoms with Gasteiger partial charge < -0.3 is 20.4 Å². The molecular formula is C20H20N6O. The second-order valence-corrected chi connectivity index (χ2v) is 6.80. The van der Waals surface area contributed by atoms with Crippen LogP contribution in [0.15, 0.2) is 48.8 Å². The molecule has 1 aliphatic heterocycles. The van der Waals surface area contributed by atoms with E-state index in [1.807, 2.05) is 24.3 Å². The van der Waals surface area contributed by atoms with Gasteiger partial charge >= 0.3 is 0 Å². The molecule has 1 fully saturated rings. The van der Waals surface area contributed by atoms with E-state index in [-0.39, 0.29) is 6.04 Å². The molecule has 1 atom stereocenters. The molecule has 1 saturated heterocycles. The van der Waals surface area contributed by atoms with Crippen LogP contribution < -0.4 is 15.4 Å². The van der Waals surface area contributed by atoms with Gasteiger partial charge in [0.15, 0.2) is 17.4 Å². The third-order valence-corrected chi connectivity index (χ3v) is 5.12. The number of nitrogens with two attached hydrogens (primary N) is 1. The van der Waals surface area contributed by atoms with Gasteiger partial charge in [0.1, 0.15) is 24.2 Å². The fourth-order valence-corrected chi connectivity index (χ4v) is 3.85. The first-order valence-corrected chi connectivity index (χ1v) is 9.13. The summed E-state index contributed by atoms with van der Waals surface area (Å²) >= 11 is 0. The molecule has 7 heteroatoms. The Morgan fingerprint density at radius 2 is 2.04 bits per heavy atom. The van der Waals surface area contributed by atoms with Gasteiger partial charge in [-0.05, 0) is 24.3 Å². The molecule has 0 radical (unpaired) electrons. The first-order chi connectivity index (χ1) is 13.3. The van der Waals surface area contributed by atoms with Crippen LogP contribution in [0.5, 0.6) is 5.75 Å². The molecule has 2 aromatic carbocycles. The number of fused-ring (bicyclic) bond motifs is 2. The SMILES string of the molecule is Nc1nc2ncnc(N3CCCC3COc3cccc4ccccc34)c2[nH]1. The number of anilines is 2. The van der Waals surface area contributed by atoms with Gasteiger partial charge in [0.2, 0.25) is 0 Å². The van der Waals surface area contributed by atoms with E-state index in [2.05, 4.69) is 43.0 Å². The van der Waals surface area contributed by atoms with Crippen molar-refractivity contribution in [3.63, 3.8) is 0 Å². The molecular weight excluding hydrogens is 340 g/mol. The molecule has 3 heterocycles. The maximum absolute atomic E-state index is 6.24. The van der Waals surface area contributed by atoms with Crippen LogP contribution in [0.2, 0.25) is 0 Å². The zero-order chi connectivity index (χ0) is 18.2. The minimum absolute atomic E-state index is 0.242. The third-order valence-electron chi connectivity index (χ3n) is 5.12. The molecule has 0 aliphatic carbocycles. The van der Waals surface area contributed by atoms with Gasteiger partial charge in [0.05, 0.1) is 6.04 Å². The summed E-state index contributed by atoms with van der Waals surface area (Å²) in [6.45, 7) is 1.53. The van der Waals surface area contributed by atoms with Crippen LogP contribution in [0.4, 0.5) is 11.8 Å². The van der Waals surface area contributed by atoms with Gasteiger partial charge in [-0.2, -0.15) is 4.98 Å². The highest BCUT2D eigenvalue weighted by atomic mass is 16.5. The lowest BCUT2D eigenvalue weighted by Crippen LogP contribution is -2.35. The zero-order valence-corrected chi connectivity index (χ0v) is 14.8. The number of hydrogen-bond acceptors (Lipinski definition) is 6. The molecule has 1 unspecified atom stereocenters. The maximum Gasteiger partial charge on any atom is 0.200 e. The Kier molecular flexibility index (Phi) is 3.78. The summed E-state index contributed by atoms with van der Waals surface area (Å²) in [6.07, 6.45) is 3.69. The lowest BCUT2D eigenvalue weighted by Gasteiger charge is -2.26. The molecule has 7 nitrogen and oxygen atoms in total. The van der Waals surface area contributed by atoms with E-state index in [0.29, 0.717) is 18.2 Å². The van der Waals surface area contributed by atoms with Gasteiger partial charge in [-0.3, -0.25) is 0 Å². The quantitative estimate of drug-likeness (QED) is 0.581. The minimum atomic E-state index is 0.242. The number of imidazole rings is 1. The number of aromatic nitrogens is 4. The van der Waals surface area contributed by atoms with Gasteiger partial charge in [-0.15, -0.1) is 0 Å². The third kappa shape index (κ3) is 2.81. The van der Waals surface area contributed by atoms with E-state index >= 15 is 0 Å². The van der Waals surface area contributed by atoms with E-state index in [1.54, 1.807) is 6.33 Å². The molecule has 1 aliphatic rings. The largest absolute Gasteiger partial charge is 0.491 e. The molecule has 27 heavy (non-hydrogen) atoms. The average molecular weight is 360 g/mol. The topological polar surface area (TPSA) is 92.9 Å². The number of ether oxygens (including phenoxy) is 1. The monoisotopic (exact) mass is 360 g/mol. The molecule has 0 spiro atoms. The number of benzene rings is 2. The summed E-state index contributed by atoms with van der Waals surface area (Å²) in [5.74, 6) is 2.11. The highest BCUT2D eigenvalue weighted by Crippen LogP contribution is 2.30. The number of nitrogen functional groups attached to an aromatic ring is 1. The predicted octanol–water partition coefficient (Wildman–Crippen LogP) is 3.14. The molecule has 0 bridgehead atoms. The minimum Gasteiger partial charge on any atom is -0.491 e. The van der Waals surface area contributed by atoms with Crippen molar-refractivity contribution >= 4 is 33.7 Å². The standard InChI is InChI=1S/C20H20N6O/c21-20-24-17-18(25-20)22-12-23-19(17)26-10-4-7-14(26)11-27-16-9-3-6-13-5-1-2-8-15(13)16/h1-3,5-6,8-9,12,14H,4,7,10-11H2,(H3,21,22,23,24,25). The second kappa shape index (κ2) is 6.42. The highest BCUT2D eigenvalue weighted by Gasteiger charge is 2.28. The van der Waals surface area contributed by atoms with E-state index in [4.69, 9.17) is 10.5 Å². The van der Waals surface area contributed by atoms with Gasteiger partial charge in [-0.1, -0.05) is 36.4 Å². The zero-order valence-electron chi connectivity index (χ0n) is 14.8. The second-order valence-electron chi connectivity index (χ2n) is 6.80. The van der Waals surface area contributed by atoms with Crippen molar-refractivity contribution in [3.05, 3.63) is 48.8 Å². The fourth-order valence-electron chi connectivity index (χ4n) is 3.85. The number of nitrogens with zero attached hydrogens (tertiary/aromatic N) is 4. The smallest absolute Gasteiger partial charge is 0.200 e. The van der Waals surface area contributed by atoms with Crippen LogP contribution in [-0.2, 0) is 0 Å². The van der Waals surface area contributed by atoms with Crippen LogP contribution in [0, 0.1) is 0 Å². The predicted molar refractivity (Wildman–Crippen MR) is 106 cm³/mol. The van der Waals surface area contributed by atoms with Crippen molar-refractivity contribution in [2.45, 2.75) is 18.9 Å². The van der Waals surface area contributed by atoms with Crippen LogP contribution in [0.3, 0.4) is 0 Å². The van der Waals surface area contributed by atoms with Crippen molar-refractivity contribution < 1.29 is 4.74 Å². The summed E-state index contributed by atoms with van der Waals surface area (Å²) in [5, 5.41) is 2.32. The number of H-pyrrole nitrogens is 1. The normalized spacial score (nSPS) is 17.0.